The van der Waals surface area contributed by atoms with Crippen LogP contribution in [0, 0.1) is 6.92 Å². The predicted molar refractivity (Wildman–Crippen MR) is 368 cm³/mol. The van der Waals surface area contributed by atoms with Gasteiger partial charge in [-0.1, -0.05) is 230 Å². The summed E-state index contributed by atoms with van der Waals surface area (Å²) in [6, 6.07) is 76.4. The first kappa shape index (κ1) is 53.8. The summed E-state index contributed by atoms with van der Waals surface area (Å²) in [6.07, 6.45) is 0. The van der Waals surface area contributed by atoms with E-state index >= 15 is 0 Å². The van der Waals surface area contributed by atoms with Crippen LogP contribution < -0.4 is 26.2 Å². The van der Waals surface area contributed by atoms with Gasteiger partial charge in [0.15, 0.2) is 0 Å². The molecule has 15 rings (SSSR count). The molecule has 0 fully saturated rings. The summed E-state index contributed by atoms with van der Waals surface area (Å²) in [5.41, 5.74) is 30.3. The molecule has 0 N–H and O–H groups in total. The Balaban J connectivity index is 1.13. The van der Waals surface area contributed by atoms with Gasteiger partial charge in [0.05, 0.1) is 5.69 Å². The minimum absolute atomic E-state index is 0.00172. The summed E-state index contributed by atoms with van der Waals surface area (Å²) in [7, 11) is 0. The fraction of sp³-hybridized carbons (Fsp3) is 0.259. The van der Waals surface area contributed by atoms with Crippen molar-refractivity contribution < 1.29 is 0 Å². The third-order valence-electron chi connectivity index (χ3n) is 20.8. The van der Waals surface area contributed by atoms with Crippen LogP contribution in [-0.4, -0.2) is 6.71 Å². The molecule has 0 radical (unpaired) electrons. The number of aryl methyl sites for hydroxylation is 1. The summed E-state index contributed by atoms with van der Waals surface area (Å²) in [6.45, 7) is 35.9. The van der Waals surface area contributed by atoms with Crippen molar-refractivity contribution in [2.45, 2.75) is 136 Å². The molecule has 1 aromatic heterocycles. The highest BCUT2D eigenvalue weighted by Crippen LogP contribution is 2.57. The zero-order valence-electron chi connectivity index (χ0n) is 52.4. The van der Waals surface area contributed by atoms with Crippen LogP contribution in [0.5, 0.6) is 0 Å². The van der Waals surface area contributed by atoms with E-state index < -0.39 is 0 Å². The van der Waals surface area contributed by atoms with Crippen molar-refractivity contribution in [2.24, 2.45) is 0 Å². The summed E-state index contributed by atoms with van der Waals surface area (Å²) in [5.74, 6) is 0. The Kier molecular flexibility index (Phi) is 11.4. The molecular formula is C81H77BN2S. The molecule has 0 atom stereocenters. The van der Waals surface area contributed by atoms with Gasteiger partial charge in [-0.2, -0.15) is 0 Å². The number of thiophene rings is 1. The molecular weight excluding hydrogens is 1040 g/mol. The molecule has 0 spiro atoms. The maximum absolute atomic E-state index is 2.73. The van der Waals surface area contributed by atoms with E-state index in [1.165, 1.54) is 154 Å². The molecule has 420 valence electrons. The second-order valence-corrected chi connectivity index (χ2v) is 30.5. The number of benzene rings is 10. The van der Waals surface area contributed by atoms with Crippen LogP contribution in [0.3, 0.4) is 0 Å². The Morgan fingerprint density at radius 1 is 0.365 bits per heavy atom. The molecule has 0 unspecified atom stereocenters. The third kappa shape index (κ3) is 7.69. The fourth-order valence-electron chi connectivity index (χ4n) is 16.0. The van der Waals surface area contributed by atoms with Crippen molar-refractivity contribution in [2.75, 3.05) is 9.80 Å². The lowest BCUT2D eigenvalue weighted by Gasteiger charge is -2.49. The summed E-state index contributed by atoms with van der Waals surface area (Å²) in [4.78, 5) is 5.43. The maximum atomic E-state index is 2.73. The monoisotopic (exact) mass is 1120 g/mol. The van der Waals surface area contributed by atoms with Crippen molar-refractivity contribution in [3.8, 4) is 22.3 Å². The van der Waals surface area contributed by atoms with Gasteiger partial charge in [-0.15, -0.1) is 11.3 Å². The Labute approximate surface area is 509 Å². The second-order valence-electron chi connectivity index (χ2n) is 29.4. The normalized spacial score (nSPS) is 16.5. The van der Waals surface area contributed by atoms with Crippen molar-refractivity contribution >= 4 is 88.7 Å². The maximum Gasteiger partial charge on any atom is 0.254 e. The van der Waals surface area contributed by atoms with Crippen LogP contribution in [0.2, 0.25) is 0 Å². The van der Waals surface area contributed by atoms with Gasteiger partial charge in [0, 0.05) is 70.4 Å². The van der Waals surface area contributed by atoms with E-state index in [-0.39, 0.29) is 39.2 Å². The average Bonchev–Trinajstić information content (AvgIpc) is 1.37. The fourth-order valence-corrected chi connectivity index (χ4v) is 17.2. The minimum atomic E-state index is -0.278. The largest absolute Gasteiger partial charge is 0.311 e. The molecule has 4 heteroatoms. The van der Waals surface area contributed by atoms with E-state index in [9.17, 15) is 0 Å². The highest BCUT2D eigenvalue weighted by molar-refractivity contribution is 7.28. The minimum Gasteiger partial charge on any atom is -0.311 e. The highest BCUT2D eigenvalue weighted by Gasteiger charge is 2.50. The molecule has 2 aliphatic heterocycles. The zero-order chi connectivity index (χ0) is 59.2. The van der Waals surface area contributed by atoms with Crippen molar-refractivity contribution in [3.05, 3.63) is 255 Å². The summed E-state index contributed by atoms with van der Waals surface area (Å²) >= 11 is 1.98. The van der Waals surface area contributed by atoms with Crippen LogP contribution >= 0.6 is 11.3 Å². The number of hydrogen-bond donors (Lipinski definition) is 0. The number of nitrogens with zero attached hydrogens (tertiary/aromatic N) is 2. The van der Waals surface area contributed by atoms with Crippen LogP contribution in [0.25, 0.3) is 42.4 Å². The molecule has 4 aliphatic rings. The molecule has 10 aromatic carbocycles. The first-order chi connectivity index (χ1) is 40.4. The first-order valence-corrected chi connectivity index (χ1v) is 31.8. The predicted octanol–water partition coefficient (Wildman–Crippen LogP) is 20.3. The molecule has 0 saturated carbocycles. The van der Waals surface area contributed by atoms with Gasteiger partial charge in [0.1, 0.15) is 0 Å². The molecule has 0 amide bonds. The summed E-state index contributed by atoms with van der Waals surface area (Å²) < 4.78 is 2.69. The summed E-state index contributed by atoms with van der Waals surface area (Å²) in [5, 5.41) is 2.67. The lowest BCUT2D eigenvalue weighted by molar-refractivity contribution is 0.520. The second kappa shape index (κ2) is 18.1. The molecule has 0 saturated heterocycles. The lowest BCUT2D eigenvalue weighted by Crippen LogP contribution is -2.62. The van der Waals surface area contributed by atoms with Crippen LogP contribution in [0.15, 0.2) is 194 Å². The molecule has 2 nitrogen and oxygen atoms in total. The SMILES string of the molecule is Cc1ccccc1-c1cc2c3c(c1)N(c1ccc(C(C)(C)C)cc1-c1ccccc1)c1ccc4c(sc5ccc(C(C)(C)C)cc54)c1B3c1cc3c(cc1N2c1ccc2c(c1)C(C)(C)c1ccccc1C2(C)C)C(C)(C)c1ccccc1C3(C)C. The average molecular weight is 1120 g/mol. The van der Waals surface area contributed by atoms with E-state index in [0.717, 1.165) is 0 Å². The zero-order valence-corrected chi connectivity index (χ0v) is 53.2. The van der Waals surface area contributed by atoms with Gasteiger partial charge in [0.2, 0.25) is 0 Å². The van der Waals surface area contributed by atoms with E-state index in [1.54, 1.807) is 0 Å². The van der Waals surface area contributed by atoms with E-state index in [1.807, 2.05) is 11.3 Å². The first-order valence-electron chi connectivity index (χ1n) is 30.9. The Bertz CT molecular complexity index is 4650. The molecule has 3 heterocycles. The van der Waals surface area contributed by atoms with Gasteiger partial charge in [-0.3, -0.25) is 0 Å². The Morgan fingerprint density at radius 3 is 1.51 bits per heavy atom. The van der Waals surface area contributed by atoms with Gasteiger partial charge >= 0.3 is 0 Å². The van der Waals surface area contributed by atoms with Gasteiger partial charge in [0.25, 0.3) is 6.71 Å². The molecule has 2 aliphatic carbocycles. The third-order valence-corrected chi connectivity index (χ3v) is 22.0. The van der Waals surface area contributed by atoms with Crippen LogP contribution in [0.4, 0.5) is 34.1 Å². The standard InChI is InChI=1S/C81H77BN2S/c1-48-25-19-20-28-54(48)50-41-70-73-71(42-50)84(67-38-33-51(76(2,3)4)43-56(67)49-26-17-16-18-27-49)68-39-36-55-57-44-52(77(5,6)7)34-40-72(57)85-75(55)74(68)82(73)66-46-64-65(81(14,15)61-32-24-23-31-60(61)80(64,12)13)47-69(66)83(70)53-35-37-62-63(45-53)79(10,11)59-30-22-21-29-58(59)78(62,8)9/h16-47H,1-15H3. The highest BCUT2D eigenvalue weighted by atomic mass is 32.1. The number of anilines is 6. The topological polar surface area (TPSA) is 6.48 Å². The van der Waals surface area contributed by atoms with Crippen LogP contribution in [0.1, 0.15) is 158 Å². The molecule has 0 bridgehead atoms. The number of fused-ring (bicyclic) bond motifs is 12. The Hall–Kier alpha value is -7.92. The van der Waals surface area contributed by atoms with Gasteiger partial charge in [-0.05, 0) is 178 Å². The lowest BCUT2D eigenvalue weighted by atomic mass is 9.33. The van der Waals surface area contributed by atoms with E-state index in [0.29, 0.717) is 0 Å². The number of hydrogen-bond acceptors (Lipinski definition) is 3. The van der Waals surface area contributed by atoms with E-state index in [4.69, 9.17) is 0 Å². The van der Waals surface area contributed by atoms with Crippen molar-refractivity contribution in [1.82, 2.24) is 0 Å². The van der Waals surface area contributed by atoms with Gasteiger partial charge < -0.3 is 9.80 Å². The smallest absolute Gasteiger partial charge is 0.254 e. The van der Waals surface area contributed by atoms with Crippen molar-refractivity contribution in [3.63, 3.8) is 0 Å². The molecule has 85 heavy (non-hydrogen) atoms. The van der Waals surface area contributed by atoms with Crippen molar-refractivity contribution in [1.29, 1.82) is 0 Å². The molecule has 11 aromatic rings. The Morgan fingerprint density at radius 2 is 0.882 bits per heavy atom. The quantitative estimate of drug-likeness (QED) is 0.162. The number of rotatable bonds is 4. The van der Waals surface area contributed by atoms with E-state index in [2.05, 4.69) is 308 Å². The van der Waals surface area contributed by atoms with Gasteiger partial charge in [-0.25, -0.2) is 0 Å². The van der Waals surface area contributed by atoms with Crippen LogP contribution in [-0.2, 0) is 32.5 Å².